The van der Waals surface area contributed by atoms with Crippen molar-refractivity contribution in [3.05, 3.63) is 73.1 Å². The van der Waals surface area contributed by atoms with Crippen molar-refractivity contribution in [2.24, 2.45) is 0 Å². The summed E-state index contributed by atoms with van der Waals surface area (Å²) in [6.45, 7) is 5.39. The third-order valence-electron chi connectivity index (χ3n) is 4.69. The number of halogens is 1. The second-order valence-electron chi connectivity index (χ2n) is 6.94. The van der Waals surface area contributed by atoms with E-state index in [-0.39, 0.29) is 27.3 Å². The van der Waals surface area contributed by atoms with Crippen LogP contribution >= 0.6 is 11.6 Å². The Morgan fingerprint density at radius 1 is 1.31 bits per heavy atom. The van der Waals surface area contributed by atoms with Crippen LogP contribution in [0.15, 0.2) is 41.3 Å². The fourth-order valence-corrected chi connectivity index (χ4v) is 3.15. The number of ether oxygens (including phenoxy) is 1. The van der Waals surface area contributed by atoms with Gasteiger partial charge < -0.3 is 14.6 Å². The van der Waals surface area contributed by atoms with Gasteiger partial charge in [0, 0.05) is 30.6 Å². The van der Waals surface area contributed by atoms with Gasteiger partial charge >= 0.3 is 5.97 Å². The lowest BCUT2D eigenvalue weighted by Crippen LogP contribution is -2.32. The Bertz CT molecular complexity index is 1300. The average Bonchev–Trinajstić information content (AvgIpc) is 2.75. The molecule has 0 fully saturated rings. The summed E-state index contributed by atoms with van der Waals surface area (Å²) in [5.74, 6) is -1.75. The molecular formula is C21H19ClN4O6. The smallest absolute Gasteiger partial charge is 0.344 e. The van der Waals surface area contributed by atoms with E-state index in [2.05, 4.69) is 10.3 Å². The summed E-state index contributed by atoms with van der Waals surface area (Å²) in [5.41, 5.74) is 0.0954. The normalized spacial score (nSPS) is 11.8. The highest BCUT2D eigenvalue weighted by Crippen LogP contribution is 2.27. The lowest BCUT2D eigenvalue weighted by atomic mass is 10.2. The van der Waals surface area contributed by atoms with Crippen LogP contribution in [0.2, 0.25) is 5.02 Å². The molecular weight excluding hydrogens is 440 g/mol. The Balaban J connectivity index is 1.84. The molecule has 3 aromatic rings. The van der Waals surface area contributed by atoms with Crippen molar-refractivity contribution < 1.29 is 19.2 Å². The van der Waals surface area contributed by atoms with Gasteiger partial charge in [-0.05, 0) is 39.0 Å². The van der Waals surface area contributed by atoms with Gasteiger partial charge in [0.05, 0.1) is 21.0 Å². The number of nitrogens with zero attached hydrogens (tertiary/aromatic N) is 3. The molecule has 32 heavy (non-hydrogen) atoms. The van der Waals surface area contributed by atoms with Crippen molar-refractivity contribution >= 4 is 45.9 Å². The molecule has 0 spiro atoms. The first-order chi connectivity index (χ1) is 15.1. The predicted molar refractivity (Wildman–Crippen MR) is 118 cm³/mol. The molecule has 1 N–H and O–H groups in total. The number of hydrogen-bond donors (Lipinski definition) is 1. The minimum atomic E-state index is -1.31. The maximum Gasteiger partial charge on any atom is 0.344 e. The molecule has 0 radical (unpaired) electrons. The zero-order valence-electron chi connectivity index (χ0n) is 17.4. The van der Waals surface area contributed by atoms with Crippen LogP contribution in [-0.2, 0) is 16.1 Å². The van der Waals surface area contributed by atoms with E-state index >= 15 is 0 Å². The maximum absolute atomic E-state index is 12.8. The molecule has 0 aliphatic carbocycles. The number of carbonyl (C=O) groups is 2. The largest absolute Gasteiger partial charge is 0.449 e. The molecule has 1 amide bonds. The van der Waals surface area contributed by atoms with Crippen LogP contribution in [0.3, 0.4) is 0 Å². The standard InChI is InChI=1S/C21H19ClN4O6/c1-4-25-10-15(18(27)14-7-5-11(2)23-19(14)25)21(29)32-12(3)20(28)24-17-9-13(26(30)31)6-8-16(17)22/h5-10,12H,4H2,1-3H3,(H,24,28)/t12-/m0/s1. The summed E-state index contributed by atoms with van der Waals surface area (Å²) in [5, 5.41) is 13.6. The van der Waals surface area contributed by atoms with E-state index in [1.54, 1.807) is 23.6 Å². The SMILES string of the molecule is CCn1cc(C(=O)O[C@@H](C)C(=O)Nc2cc([N+](=O)[O-])ccc2Cl)c(=O)c2ccc(C)nc21. The van der Waals surface area contributed by atoms with Crippen LogP contribution in [0.1, 0.15) is 29.9 Å². The number of non-ortho nitro benzene ring substituents is 1. The molecule has 3 rings (SSSR count). The number of benzene rings is 1. The second kappa shape index (κ2) is 9.15. The number of carbonyl (C=O) groups excluding carboxylic acids is 2. The highest BCUT2D eigenvalue weighted by molar-refractivity contribution is 6.33. The van der Waals surface area contributed by atoms with Crippen molar-refractivity contribution in [3.8, 4) is 0 Å². The molecule has 0 aliphatic heterocycles. The van der Waals surface area contributed by atoms with E-state index in [1.165, 1.54) is 25.3 Å². The van der Waals surface area contributed by atoms with Crippen LogP contribution in [0, 0.1) is 17.0 Å². The van der Waals surface area contributed by atoms with Gasteiger partial charge in [-0.3, -0.25) is 19.7 Å². The Labute approximate surface area is 186 Å². The minimum absolute atomic E-state index is 0.00532. The summed E-state index contributed by atoms with van der Waals surface area (Å²) in [7, 11) is 0. The molecule has 166 valence electrons. The number of aromatic nitrogens is 2. The van der Waals surface area contributed by atoms with Crippen molar-refractivity contribution in [1.29, 1.82) is 0 Å². The zero-order valence-corrected chi connectivity index (χ0v) is 18.2. The van der Waals surface area contributed by atoms with E-state index < -0.39 is 28.3 Å². The summed E-state index contributed by atoms with van der Waals surface area (Å²) >= 11 is 5.98. The molecule has 1 atom stereocenters. The molecule has 0 unspecified atom stereocenters. The first kappa shape index (κ1) is 22.9. The van der Waals surface area contributed by atoms with Crippen molar-refractivity contribution in [2.45, 2.75) is 33.4 Å². The number of esters is 1. The molecule has 11 heteroatoms. The quantitative estimate of drug-likeness (QED) is 0.339. The van der Waals surface area contributed by atoms with Crippen molar-refractivity contribution in [2.75, 3.05) is 5.32 Å². The number of pyridine rings is 2. The van der Waals surface area contributed by atoms with Gasteiger partial charge in [0.1, 0.15) is 11.2 Å². The third-order valence-corrected chi connectivity index (χ3v) is 5.02. The predicted octanol–water partition coefficient (Wildman–Crippen LogP) is 3.47. The maximum atomic E-state index is 12.8. The summed E-state index contributed by atoms with van der Waals surface area (Å²) in [6.07, 6.45) is 0.0424. The lowest BCUT2D eigenvalue weighted by Gasteiger charge is -2.15. The van der Waals surface area contributed by atoms with Gasteiger partial charge in [-0.15, -0.1) is 0 Å². The van der Waals surface area contributed by atoms with Gasteiger partial charge in [-0.25, -0.2) is 9.78 Å². The topological polar surface area (TPSA) is 133 Å². The molecule has 0 saturated heterocycles. The number of fused-ring (bicyclic) bond motifs is 1. The monoisotopic (exact) mass is 458 g/mol. The lowest BCUT2D eigenvalue weighted by molar-refractivity contribution is -0.384. The number of rotatable bonds is 6. The fourth-order valence-electron chi connectivity index (χ4n) is 2.98. The molecule has 0 aliphatic rings. The number of anilines is 1. The highest BCUT2D eigenvalue weighted by atomic mass is 35.5. The van der Waals surface area contributed by atoms with Crippen LogP contribution in [0.4, 0.5) is 11.4 Å². The first-order valence-corrected chi connectivity index (χ1v) is 9.96. The van der Waals surface area contributed by atoms with E-state index in [0.29, 0.717) is 12.2 Å². The van der Waals surface area contributed by atoms with Crippen LogP contribution < -0.4 is 10.7 Å². The zero-order chi connectivity index (χ0) is 23.6. The number of amides is 1. The summed E-state index contributed by atoms with van der Waals surface area (Å²) in [6, 6.07) is 6.80. The van der Waals surface area contributed by atoms with Crippen molar-refractivity contribution in [3.63, 3.8) is 0 Å². The van der Waals surface area contributed by atoms with E-state index in [0.717, 1.165) is 11.8 Å². The van der Waals surface area contributed by atoms with Crippen molar-refractivity contribution in [1.82, 2.24) is 9.55 Å². The third kappa shape index (κ3) is 4.59. The Morgan fingerprint density at radius 3 is 2.69 bits per heavy atom. The Morgan fingerprint density at radius 2 is 2.03 bits per heavy atom. The van der Waals surface area contributed by atoms with Crippen LogP contribution in [-0.4, -0.2) is 32.5 Å². The van der Waals surface area contributed by atoms with Gasteiger partial charge in [0.25, 0.3) is 11.6 Å². The van der Waals surface area contributed by atoms with Gasteiger partial charge in [-0.1, -0.05) is 11.6 Å². The average molecular weight is 459 g/mol. The first-order valence-electron chi connectivity index (χ1n) is 9.59. The van der Waals surface area contributed by atoms with Gasteiger partial charge in [-0.2, -0.15) is 0 Å². The molecule has 0 bridgehead atoms. The molecule has 2 aromatic heterocycles. The Kier molecular flexibility index (Phi) is 6.54. The van der Waals surface area contributed by atoms with Gasteiger partial charge in [0.15, 0.2) is 6.10 Å². The summed E-state index contributed by atoms with van der Waals surface area (Å²) < 4.78 is 6.83. The number of aryl methyl sites for hydroxylation is 2. The van der Waals surface area contributed by atoms with E-state index in [4.69, 9.17) is 16.3 Å². The van der Waals surface area contributed by atoms with E-state index in [9.17, 15) is 24.5 Å². The van der Waals surface area contributed by atoms with Crippen LogP contribution in [0.5, 0.6) is 0 Å². The molecule has 2 heterocycles. The molecule has 10 nitrogen and oxygen atoms in total. The number of hydrogen-bond acceptors (Lipinski definition) is 7. The summed E-state index contributed by atoms with van der Waals surface area (Å²) in [4.78, 5) is 52.6. The van der Waals surface area contributed by atoms with E-state index in [1.807, 2.05) is 6.92 Å². The number of nitro benzene ring substituents is 1. The van der Waals surface area contributed by atoms with Crippen LogP contribution in [0.25, 0.3) is 11.0 Å². The number of nitro groups is 1. The minimum Gasteiger partial charge on any atom is -0.449 e. The molecule has 1 aromatic carbocycles. The fraction of sp³-hybridized carbons (Fsp3) is 0.238. The second-order valence-corrected chi connectivity index (χ2v) is 7.35. The van der Waals surface area contributed by atoms with Gasteiger partial charge in [0.2, 0.25) is 5.43 Å². The Hall–Kier alpha value is -3.79. The number of nitrogens with one attached hydrogen (secondary N) is 1. The highest BCUT2D eigenvalue weighted by Gasteiger charge is 2.24. The molecule has 0 saturated carbocycles.